The molecule has 22 heavy (non-hydrogen) atoms. The molecule has 114 valence electrons. The molecule has 0 aliphatic carbocycles. The zero-order valence-corrected chi connectivity index (χ0v) is 14.0. The third kappa shape index (κ3) is 4.55. The SMILES string of the molecule is CN(CCO)c1ccc(/C=C/C(=O)c2ccc(Br)cc2)cc1. The maximum absolute atomic E-state index is 12.1. The molecule has 0 radical (unpaired) electrons. The fraction of sp³-hybridized carbons (Fsp3) is 0.167. The van der Waals surface area contributed by atoms with Gasteiger partial charge in [-0.15, -0.1) is 0 Å². The average molecular weight is 360 g/mol. The molecule has 0 bridgehead atoms. The molecule has 2 rings (SSSR count). The molecular weight excluding hydrogens is 342 g/mol. The van der Waals surface area contributed by atoms with Gasteiger partial charge in [-0.05, 0) is 48.0 Å². The van der Waals surface area contributed by atoms with Gasteiger partial charge in [0.2, 0.25) is 0 Å². The molecule has 0 unspecified atom stereocenters. The van der Waals surface area contributed by atoms with E-state index in [1.54, 1.807) is 24.3 Å². The highest BCUT2D eigenvalue weighted by molar-refractivity contribution is 9.10. The second-order valence-corrected chi connectivity index (χ2v) is 5.86. The molecule has 0 aromatic heterocycles. The number of aliphatic hydroxyl groups excluding tert-OH is 1. The second-order valence-electron chi connectivity index (χ2n) is 4.94. The molecule has 4 heteroatoms. The summed E-state index contributed by atoms with van der Waals surface area (Å²) in [6.07, 6.45) is 3.38. The van der Waals surface area contributed by atoms with Crippen molar-refractivity contribution >= 4 is 33.5 Å². The minimum absolute atomic E-state index is 0.0195. The number of ketones is 1. The highest BCUT2D eigenvalue weighted by Gasteiger charge is 2.02. The quantitative estimate of drug-likeness (QED) is 0.630. The normalized spacial score (nSPS) is 10.9. The summed E-state index contributed by atoms with van der Waals surface area (Å²) in [7, 11) is 1.93. The molecule has 0 aliphatic rings. The summed E-state index contributed by atoms with van der Waals surface area (Å²) < 4.78 is 0.954. The fourth-order valence-corrected chi connectivity index (χ4v) is 2.27. The Morgan fingerprint density at radius 3 is 2.36 bits per heavy atom. The Kier molecular flexibility index (Phi) is 5.92. The van der Waals surface area contributed by atoms with E-state index < -0.39 is 0 Å². The second kappa shape index (κ2) is 7.92. The summed E-state index contributed by atoms with van der Waals surface area (Å²) in [4.78, 5) is 14.0. The van der Waals surface area contributed by atoms with Gasteiger partial charge >= 0.3 is 0 Å². The molecule has 0 fully saturated rings. The van der Waals surface area contributed by atoms with Gasteiger partial charge in [0, 0.05) is 29.3 Å². The highest BCUT2D eigenvalue weighted by atomic mass is 79.9. The topological polar surface area (TPSA) is 40.5 Å². The molecule has 2 aromatic carbocycles. The van der Waals surface area contributed by atoms with E-state index in [1.165, 1.54) is 0 Å². The predicted octanol–water partition coefficient (Wildman–Crippen LogP) is 3.77. The first kappa shape index (κ1) is 16.5. The Labute approximate surface area is 139 Å². The standard InChI is InChI=1S/C18H18BrNO2/c1-20(12-13-21)17-9-2-14(3-10-17)4-11-18(22)15-5-7-16(19)8-6-15/h2-11,21H,12-13H2,1H3/b11-4+. The Hall–Kier alpha value is -1.91. The van der Waals surface area contributed by atoms with Crippen LogP contribution in [-0.2, 0) is 0 Å². The Bertz CT molecular complexity index is 648. The van der Waals surface area contributed by atoms with Crippen LogP contribution >= 0.6 is 15.9 Å². The molecule has 3 nitrogen and oxygen atoms in total. The largest absolute Gasteiger partial charge is 0.395 e. The lowest BCUT2D eigenvalue weighted by Crippen LogP contribution is -2.20. The van der Waals surface area contributed by atoms with Gasteiger partial charge in [-0.2, -0.15) is 0 Å². The van der Waals surface area contributed by atoms with E-state index in [-0.39, 0.29) is 12.4 Å². The van der Waals surface area contributed by atoms with Gasteiger partial charge < -0.3 is 10.0 Å². The van der Waals surface area contributed by atoms with E-state index in [1.807, 2.05) is 48.3 Å². The summed E-state index contributed by atoms with van der Waals surface area (Å²) in [6.45, 7) is 0.719. The lowest BCUT2D eigenvalue weighted by molar-refractivity contribution is 0.104. The lowest BCUT2D eigenvalue weighted by Gasteiger charge is -2.17. The fourth-order valence-electron chi connectivity index (χ4n) is 2.00. The lowest BCUT2D eigenvalue weighted by atomic mass is 10.1. The number of likely N-dealkylation sites (N-methyl/N-ethyl adjacent to an activating group) is 1. The number of halogens is 1. The van der Waals surface area contributed by atoms with Crippen LogP contribution in [0.15, 0.2) is 59.1 Å². The van der Waals surface area contributed by atoms with Gasteiger partial charge in [0.25, 0.3) is 0 Å². The maximum atomic E-state index is 12.1. The van der Waals surface area contributed by atoms with E-state index in [0.717, 1.165) is 15.7 Å². The number of anilines is 1. The van der Waals surface area contributed by atoms with Gasteiger partial charge in [-0.1, -0.05) is 34.1 Å². The third-order valence-corrected chi connectivity index (χ3v) is 3.85. The van der Waals surface area contributed by atoms with Crippen molar-refractivity contribution in [3.8, 4) is 0 Å². The van der Waals surface area contributed by atoms with E-state index in [9.17, 15) is 4.79 Å². The van der Waals surface area contributed by atoms with Crippen LogP contribution in [-0.4, -0.2) is 31.1 Å². The highest BCUT2D eigenvalue weighted by Crippen LogP contribution is 2.15. The van der Waals surface area contributed by atoms with Gasteiger partial charge in [0.1, 0.15) is 0 Å². The molecule has 2 aromatic rings. The monoisotopic (exact) mass is 359 g/mol. The number of benzene rings is 2. The van der Waals surface area contributed by atoms with E-state index >= 15 is 0 Å². The zero-order chi connectivity index (χ0) is 15.9. The molecule has 1 N–H and O–H groups in total. The molecule has 0 saturated heterocycles. The first-order valence-electron chi connectivity index (χ1n) is 7.00. The van der Waals surface area contributed by atoms with Crippen LogP contribution in [0.2, 0.25) is 0 Å². The number of aliphatic hydroxyl groups is 1. The number of allylic oxidation sites excluding steroid dienone is 1. The number of rotatable bonds is 6. The Balaban J connectivity index is 2.03. The maximum Gasteiger partial charge on any atom is 0.185 e. The van der Waals surface area contributed by atoms with Crippen molar-refractivity contribution in [3.05, 3.63) is 70.2 Å². The van der Waals surface area contributed by atoms with Crippen molar-refractivity contribution in [2.24, 2.45) is 0 Å². The number of carbonyl (C=O) groups is 1. The average Bonchev–Trinajstić information content (AvgIpc) is 2.54. The van der Waals surface area contributed by atoms with Crippen molar-refractivity contribution in [3.63, 3.8) is 0 Å². The van der Waals surface area contributed by atoms with Crippen molar-refractivity contribution in [2.45, 2.75) is 0 Å². The number of carbonyl (C=O) groups excluding carboxylic acids is 1. The molecule has 0 aliphatic heterocycles. The van der Waals surface area contributed by atoms with Gasteiger partial charge in [0.05, 0.1) is 6.61 Å². The molecule has 0 saturated carbocycles. The van der Waals surface area contributed by atoms with Crippen LogP contribution in [0.3, 0.4) is 0 Å². The Morgan fingerprint density at radius 2 is 1.77 bits per heavy atom. The van der Waals surface area contributed by atoms with Crippen LogP contribution < -0.4 is 4.90 Å². The van der Waals surface area contributed by atoms with Crippen LogP contribution in [0.5, 0.6) is 0 Å². The van der Waals surface area contributed by atoms with Gasteiger partial charge in [-0.3, -0.25) is 4.79 Å². The summed E-state index contributed by atoms with van der Waals surface area (Å²) in [5.41, 5.74) is 2.66. The van der Waals surface area contributed by atoms with Crippen LogP contribution in [0.4, 0.5) is 5.69 Å². The van der Waals surface area contributed by atoms with E-state index in [2.05, 4.69) is 15.9 Å². The van der Waals surface area contributed by atoms with Gasteiger partial charge in [0.15, 0.2) is 5.78 Å². The molecule has 0 heterocycles. The number of nitrogens with zero attached hydrogens (tertiary/aromatic N) is 1. The van der Waals surface area contributed by atoms with Crippen LogP contribution in [0.1, 0.15) is 15.9 Å². The predicted molar refractivity (Wildman–Crippen MR) is 94.3 cm³/mol. The van der Waals surface area contributed by atoms with E-state index in [0.29, 0.717) is 12.1 Å². The third-order valence-electron chi connectivity index (χ3n) is 3.33. The Morgan fingerprint density at radius 1 is 1.14 bits per heavy atom. The summed E-state index contributed by atoms with van der Waals surface area (Å²) in [6, 6.07) is 15.1. The molecule has 0 amide bonds. The summed E-state index contributed by atoms with van der Waals surface area (Å²) >= 11 is 3.35. The minimum atomic E-state index is -0.0195. The minimum Gasteiger partial charge on any atom is -0.395 e. The van der Waals surface area contributed by atoms with Crippen molar-refractivity contribution in [1.29, 1.82) is 0 Å². The smallest absolute Gasteiger partial charge is 0.185 e. The molecular formula is C18H18BrNO2. The summed E-state index contributed by atoms with van der Waals surface area (Å²) in [5, 5.41) is 8.93. The molecule has 0 spiro atoms. The first-order valence-corrected chi connectivity index (χ1v) is 7.79. The zero-order valence-electron chi connectivity index (χ0n) is 12.4. The van der Waals surface area contributed by atoms with E-state index in [4.69, 9.17) is 5.11 Å². The van der Waals surface area contributed by atoms with Crippen molar-refractivity contribution in [2.75, 3.05) is 25.1 Å². The first-order chi connectivity index (χ1) is 10.6. The van der Waals surface area contributed by atoms with Crippen LogP contribution in [0.25, 0.3) is 6.08 Å². The number of hydrogen-bond acceptors (Lipinski definition) is 3. The van der Waals surface area contributed by atoms with Gasteiger partial charge in [-0.25, -0.2) is 0 Å². The molecule has 0 atom stereocenters. The number of hydrogen-bond donors (Lipinski definition) is 1. The van der Waals surface area contributed by atoms with Crippen molar-refractivity contribution in [1.82, 2.24) is 0 Å². The van der Waals surface area contributed by atoms with Crippen molar-refractivity contribution < 1.29 is 9.90 Å². The van der Waals surface area contributed by atoms with Crippen LogP contribution in [0, 0.1) is 0 Å². The summed E-state index contributed by atoms with van der Waals surface area (Å²) in [5.74, 6) is -0.0195.